The lowest BCUT2D eigenvalue weighted by atomic mass is 9.98. The monoisotopic (exact) mass is 232 g/mol. The van der Waals surface area contributed by atoms with Gasteiger partial charge in [0.1, 0.15) is 24.5 Å². The van der Waals surface area contributed by atoms with Crippen LogP contribution in [0.1, 0.15) is 0 Å². The molecule has 8 heteroatoms. The average molecular weight is 232 g/mol. The van der Waals surface area contributed by atoms with Crippen molar-refractivity contribution in [2.45, 2.75) is 30.7 Å². The van der Waals surface area contributed by atoms with E-state index in [1.54, 1.807) is 0 Å². The Kier molecular flexibility index (Phi) is 2.58. The summed E-state index contributed by atoms with van der Waals surface area (Å²) in [6.45, 7) is 0. The number of aliphatic hydroxyl groups excluding tert-OH is 3. The molecule has 0 spiro atoms. The molecule has 2 rings (SSSR count). The molecule has 2 heterocycles. The van der Waals surface area contributed by atoms with Crippen molar-refractivity contribution in [3.8, 4) is 0 Å². The molecule has 90 valence electrons. The lowest BCUT2D eigenvalue weighted by Gasteiger charge is -2.43. The van der Waals surface area contributed by atoms with Crippen molar-refractivity contribution >= 4 is 11.8 Å². The van der Waals surface area contributed by atoms with E-state index in [2.05, 4.69) is 5.32 Å². The van der Waals surface area contributed by atoms with E-state index in [0.717, 1.165) is 4.90 Å². The summed E-state index contributed by atoms with van der Waals surface area (Å²) < 4.78 is 4.85. The molecule has 5 unspecified atom stereocenters. The van der Waals surface area contributed by atoms with Crippen LogP contribution < -0.4 is 5.32 Å². The van der Waals surface area contributed by atoms with Crippen molar-refractivity contribution in [2.24, 2.45) is 0 Å². The Hall–Kier alpha value is -1.22. The predicted octanol–water partition coefficient (Wildman–Crippen LogP) is -3.66. The minimum atomic E-state index is -1.49. The van der Waals surface area contributed by atoms with Crippen molar-refractivity contribution in [1.29, 1.82) is 0 Å². The molecular weight excluding hydrogens is 220 g/mol. The fourth-order valence-corrected chi connectivity index (χ4v) is 2.01. The number of fused-ring (bicyclic) bond motifs is 1. The highest BCUT2D eigenvalue weighted by atomic mass is 16.5. The first kappa shape index (κ1) is 11.3. The minimum Gasteiger partial charge on any atom is -0.387 e. The van der Waals surface area contributed by atoms with Crippen molar-refractivity contribution in [1.82, 2.24) is 10.2 Å². The molecule has 2 fully saturated rings. The second-order valence-corrected chi connectivity index (χ2v) is 3.73. The molecule has 0 aromatic heterocycles. The summed E-state index contributed by atoms with van der Waals surface area (Å²) in [5.74, 6) is -1.80. The highest BCUT2D eigenvalue weighted by molar-refractivity contribution is 6.37. The van der Waals surface area contributed by atoms with Gasteiger partial charge in [-0.25, -0.2) is 0 Å². The normalized spacial score (nSPS) is 43.2. The topological polar surface area (TPSA) is 119 Å². The third-order valence-corrected chi connectivity index (χ3v) is 2.84. The Morgan fingerprint density at radius 1 is 1.19 bits per heavy atom. The fourth-order valence-electron chi connectivity index (χ4n) is 2.01. The van der Waals surface area contributed by atoms with Gasteiger partial charge in [-0.3, -0.25) is 14.5 Å². The van der Waals surface area contributed by atoms with Gasteiger partial charge < -0.3 is 25.4 Å². The van der Waals surface area contributed by atoms with Crippen molar-refractivity contribution in [2.75, 3.05) is 7.11 Å². The number of piperidine rings is 1. The molecule has 5 atom stereocenters. The lowest BCUT2D eigenvalue weighted by Crippen LogP contribution is -2.67. The van der Waals surface area contributed by atoms with Gasteiger partial charge in [0.2, 0.25) is 0 Å². The van der Waals surface area contributed by atoms with E-state index in [1.807, 2.05) is 0 Å². The van der Waals surface area contributed by atoms with Gasteiger partial charge >= 0.3 is 11.8 Å². The quantitative estimate of drug-likeness (QED) is 0.346. The predicted molar refractivity (Wildman–Crippen MR) is 47.6 cm³/mol. The first-order chi connectivity index (χ1) is 7.49. The molecule has 2 aliphatic rings. The highest BCUT2D eigenvalue weighted by Gasteiger charge is 2.55. The summed E-state index contributed by atoms with van der Waals surface area (Å²) in [7, 11) is 1.23. The summed E-state index contributed by atoms with van der Waals surface area (Å²) in [6.07, 6.45) is -6.62. The lowest BCUT2D eigenvalue weighted by molar-refractivity contribution is -0.219. The maximum absolute atomic E-state index is 11.4. The van der Waals surface area contributed by atoms with Gasteiger partial charge in [-0.2, -0.15) is 0 Å². The molecule has 0 aromatic rings. The zero-order valence-corrected chi connectivity index (χ0v) is 8.40. The number of ether oxygens (including phenoxy) is 1. The molecule has 0 aromatic carbocycles. The Bertz CT molecular complexity index is 334. The number of methoxy groups -OCH3 is 1. The van der Waals surface area contributed by atoms with E-state index in [0.29, 0.717) is 0 Å². The average Bonchev–Trinajstić information content (AvgIpc) is 2.55. The molecule has 2 aliphatic heterocycles. The van der Waals surface area contributed by atoms with Gasteiger partial charge in [-0.15, -0.1) is 0 Å². The number of carbonyl (C=O) groups is 2. The van der Waals surface area contributed by atoms with Crippen LogP contribution in [-0.2, 0) is 14.3 Å². The van der Waals surface area contributed by atoms with Crippen LogP contribution >= 0.6 is 0 Å². The summed E-state index contributed by atoms with van der Waals surface area (Å²) in [5.41, 5.74) is 0. The summed E-state index contributed by atoms with van der Waals surface area (Å²) >= 11 is 0. The maximum atomic E-state index is 11.4. The second kappa shape index (κ2) is 3.67. The van der Waals surface area contributed by atoms with Crippen molar-refractivity contribution in [3.05, 3.63) is 0 Å². The number of hydrogen-bond acceptors (Lipinski definition) is 6. The van der Waals surface area contributed by atoms with Gasteiger partial charge in [0.15, 0.2) is 6.23 Å². The van der Waals surface area contributed by atoms with Gasteiger partial charge in [-0.05, 0) is 0 Å². The van der Waals surface area contributed by atoms with Gasteiger partial charge in [0.25, 0.3) is 0 Å². The van der Waals surface area contributed by atoms with Crippen LogP contribution in [0.2, 0.25) is 0 Å². The van der Waals surface area contributed by atoms with E-state index < -0.39 is 42.5 Å². The van der Waals surface area contributed by atoms with Gasteiger partial charge in [0, 0.05) is 7.11 Å². The van der Waals surface area contributed by atoms with Crippen molar-refractivity contribution in [3.63, 3.8) is 0 Å². The number of nitrogens with zero attached hydrogens (tertiary/aromatic N) is 1. The summed E-state index contributed by atoms with van der Waals surface area (Å²) in [6, 6.07) is 0. The maximum Gasteiger partial charge on any atom is 0.315 e. The SMILES string of the molecule is COC1C(O)C(O)C(O)C2NC(=O)C(=O)N21. The number of hydrogen-bond donors (Lipinski definition) is 4. The Labute approximate surface area is 90.4 Å². The van der Waals surface area contributed by atoms with Crippen molar-refractivity contribution < 1.29 is 29.6 Å². The third kappa shape index (κ3) is 1.31. The molecule has 8 nitrogen and oxygen atoms in total. The molecule has 2 saturated heterocycles. The van der Waals surface area contributed by atoms with Crippen LogP contribution in [0.3, 0.4) is 0 Å². The van der Waals surface area contributed by atoms with Crippen LogP contribution in [0, 0.1) is 0 Å². The molecular formula is C8H12N2O6. The Morgan fingerprint density at radius 3 is 2.38 bits per heavy atom. The summed E-state index contributed by atoms with van der Waals surface area (Å²) in [5, 5.41) is 30.9. The second-order valence-electron chi connectivity index (χ2n) is 3.73. The minimum absolute atomic E-state index is 0.893. The standard InChI is InChI=1S/C8H12N2O6/c1-16-8-4(13)2(11)3(12)5-9-6(14)7(15)10(5)8/h2-5,8,11-13H,1H3,(H,9,14). The largest absolute Gasteiger partial charge is 0.387 e. The molecule has 0 saturated carbocycles. The molecule has 16 heavy (non-hydrogen) atoms. The first-order valence-corrected chi connectivity index (χ1v) is 4.69. The fraction of sp³-hybridized carbons (Fsp3) is 0.750. The summed E-state index contributed by atoms with van der Waals surface area (Å²) in [4.78, 5) is 23.5. The number of carbonyl (C=O) groups excluding carboxylic acids is 2. The van der Waals surface area contributed by atoms with Crippen LogP contribution in [0.4, 0.5) is 0 Å². The number of amides is 2. The molecule has 0 radical (unpaired) electrons. The zero-order valence-electron chi connectivity index (χ0n) is 8.40. The van der Waals surface area contributed by atoms with E-state index in [1.165, 1.54) is 7.11 Å². The molecule has 0 aliphatic carbocycles. The first-order valence-electron chi connectivity index (χ1n) is 4.69. The number of nitrogens with one attached hydrogen (secondary N) is 1. The zero-order chi connectivity index (χ0) is 12.0. The Morgan fingerprint density at radius 2 is 1.81 bits per heavy atom. The third-order valence-electron chi connectivity index (χ3n) is 2.84. The molecule has 2 amide bonds. The number of aliphatic hydroxyl groups is 3. The number of rotatable bonds is 1. The van der Waals surface area contributed by atoms with E-state index in [4.69, 9.17) is 4.74 Å². The van der Waals surface area contributed by atoms with E-state index >= 15 is 0 Å². The van der Waals surface area contributed by atoms with E-state index in [-0.39, 0.29) is 0 Å². The van der Waals surface area contributed by atoms with Gasteiger partial charge in [0.05, 0.1) is 0 Å². The smallest absolute Gasteiger partial charge is 0.315 e. The van der Waals surface area contributed by atoms with Crippen LogP contribution in [0.25, 0.3) is 0 Å². The molecule has 0 bridgehead atoms. The van der Waals surface area contributed by atoms with E-state index in [9.17, 15) is 24.9 Å². The van der Waals surface area contributed by atoms with Gasteiger partial charge in [-0.1, -0.05) is 0 Å². The Balaban J connectivity index is 2.35. The van der Waals surface area contributed by atoms with Crippen LogP contribution in [0.5, 0.6) is 0 Å². The highest BCUT2D eigenvalue weighted by Crippen LogP contribution is 2.26. The van der Waals surface area contributed by atoms with Crippen LogP contribution in [-0.4, -0.2) is 69.8 Å². The van der Waals surface area contributed by atoms with Crippen LogP contribution in [0.15, 0.2) is 0 Å². The molecule has 4 N–H and O–H groups in total.